The molecular weight excluding hydrogens is 180 g/mol. The molecule has 0 saturated carbocycles. The van der Waals surface area contributed by atoms with Crippen LogP contribution in [0.2, 0.25) is 0 Å². The van der Waals surface area contributed by atoms with Crippen molar-refractivity contribution in [1.29, 1.82) is 0 Å². The van der Waals surface area contributed by atoms with Crippen molar-refractivity contribution >= 4 is 5.91 Å². The number of hydrogen-bond acceptors (Lipinski definition) is 3. The quantitative estimate of drug-likeness (QED) is 0.632. The molecule has 1 amide bonds. The van der Waals surface area contributed by atoms with Crippen LogP contribution in [-0.4, -0.2) is 31.7 Å². The first kappa shape index (κ1) is 13.4. The van der Waals surface area contributed by atoms with Crippen LogP contribution in [-0.2, 0) is 9.53 Å². The van der Waals surface area contributed by atoms with Crippen molar-refractivity contribution in [2.24, 2.45) is 11.7 Å². The van der Waals surface area contributed by atoms with E-state index in [4.69, 9.17) is 10.5 Å². The smallest absolute Gasteiger partial charge is 0.222 e. The minimum absolute atomic E-state index is 0.00572. The van der Waals surface area contributed by atoms with Crippen molar-refractivity contribution in [3.63, 3.8) is 0 Å². The highest BCUT2D eigenvalue weighted by atomic mass is 16.5. The summed E-state index contributed by atoms with van der Waals surface area (Å²) in [6.45, 7) is 7.56. The molecule has 0 aromatic heterocycles. The molecular formula is C10H22N2O2. The zero-order valence-corrected chi connectivity index (χ0v) is 9.38. The lowest BCUT2D eigenvalue weighted by atomic mass is 10.1. The van der Waals surface area contributed by atoms with Crippen LogP contribution in [0.15, 0.2) is 0 Å². The summed E-state index contributed by atoms with van der Waals surface area (Å²) < 4.78 is 5.29. The Hall–Kier alpha value is -0.610. The van der Waals surface area contributed by atoms with Crippen molar-refractivity contribution in [1.82, 2.24) is 5.32 Å². The third-order valence-electron chi connectivity index (χ3n) is 2.06. The maximum absolute atomic E-state index is 11.4. The summed E-state index contributed by atoms with van der Waals surface area (Å²) in [6.07, 6.45) is 0.809. The fourth-order valence-electron chi connectivity index (χ4n) is 1.14. The second-order valence-electron chi connectivity index (χ2n) is 3.49. The molecule has 0 spiro atoms. The average molecular weight is 202 g/mol. The highest BCUT2D eigenvalue weighted by Gasteiger charge is 2.12. The number of nitrogens with two attached hydrogens (primary N) is 1. The molecule has 0 aliphatic rings. The van der Waals surface area contributed by atoms with Crippen LogP contribution in [0.1, 0.15) is 27.2 Å². The summed E-state index contributed by atoms with van der Waals surface area (Å²) in [6, 6.07) is 0. The Morgan fingerprint density at radius 1 is 1.50 bits per heavy atom. The third-order valence-corrected chi connectivity index (χ3v) is 2.06. The van der Waals surface area contributed by atoms with E-state index in [0.29, 0.717) is 19.7 Å². The fraction of sp³-hybridized carbons (Fsp3) is 0.900. The lowest BCUT2D eigenvalue weighted by Crippen LogP contribution is -2.36. The van der Waals surface area contributed by atoms with E-state index in [9.17, 15) is 4.79 Å². The van der Waals surface area contributed by atoms with Crippen LogP contribution in [0, 0.1) is 5.92 Å². The van der Waals surface area contributed by atoms with Gasteiger partial charge in [0.1, 0.15) is 0 Å². The first-order valence-corrected chi connectivity index (χ1v) is 5.21. The molecule has 3 N–H and O–H groups in total. The molecule has 0 radical (unpaired) electrons. The van der Waals surface area contributed by atoms with Gasteiger partial charge in [-0.2, -0.15) is 0 Å². The molecule has 0 bridgehead atoms. The van der Waals surface area contributed by atoms with Gasteiger partial charge in [-0.05, 0) is 26.8 Å². The fourth-order valence-corrected chi connectivity index (χ4v) is 1.14. The Morgan fingerprint density at radius 3 is 2.64 bits per heavy atom. The average Bonchev–Trinajstić information content (AvgIpc) is 2.15. The molecule has 0 aliphatic carbocycles. The second kappa shape index (κ2) is 7.76. The lowest BCUT2D eigenvalue weighted by Gasteiger charge is -2.15. The van der Waals surface area contributed by atoms with E-state index in [0.717, 1.165) is 6.42 Å². The standard InChI is InChI=1S/C10H22N2O2/c1-4-14-9(3)7-12-10(13)8(2)5-6-11/h8-9H,4-7,11H2,1-3H3,(H,12,13). The summed E-state index contributed by atoms with van der Waals surface area (Å²) in [5.41, 5.74) is 5.37. The Morgan fingerprint density at radius 2 is 2.14 bits per heavy atom. The second-order valence-corrected chi connectivity index (χ2v) is 3.49. The van der Waals surface area contributed by atoms with Gasteiger partial charge >= 0.3 is 0 Å². The van der Waals surface area contributed by atoms with Crippen molar-refractivity contribution in [3.05, 3.63) is 0 Å². The van der Waals surface area contributed by atoms with Crippen LogP contribution < -0.4 is 11.1 Å². The topological polar surface area (TPSA) is 64.3 Å². The molecule has 2 atom stereocenters. The highest BCUT2D eigenvalue weighted by molar-refractivity contribution is 5.78. The minimum atomic E-state index is -0.00572. The van der Waals surface area contributed by atoms with Crippen LogP contribution in [0.3, 0.4) is 0 Å². The number of ether oxygens (including phenoxy) is 1. The number of carbonyl (C=O) groups excluding carboxylic acids is 1. The van der Waals surface area contributed by atoms with E-state index < -0.39 is 0 Å². The monoisotopic (exact) mass is 202 g/mol. The number of amides is 1. The van der Waals surface area contributed by atoms with Gasteiger partial charge in [0.05, 0.1) is 6.10 Å². The molecule has 0 aromatic carbocycles. The summed E-state index contributed by atoms with van der Waals surface area (Å²) in [5, 5.41) is 2.83. The molecule has 0 fully saturated rings. The number of rotatable bonds is 7. The Labute approximate surface area is 86.2 Å². The molecule has 14 heavy (non-hydrogen) atoms. The lowest BCUT2D eigenvalue weighted by molar-refractivity contribution is -0.125. The molecule has 0 aliphatic heterocycles. The van der Waals surface area contributed by atoms with Gasteiger partial charge in [-0.25, -0.2) is 0 Å². The summed E-state index contributed by atoms with van der Waals surface area (Å²) in [5.74, 6) is 0.0517. The van der Waals surface area contributed by atoms with Gasteiger partial charge in [-0.1, -0.05) is 6.92 Å². The number of hydrogen-bond donors (Lipinski definition) is 2. The van der Waals surface area contributed by atoms with E-state index in [1.807, 2.05) is 20.8 Å². The van der Waals surface area contributed by atoms with Crippen LogP contribution >= 0.6 is 0 Å². The molecule has 0 aromatic rings. The summed E-state index contributed by atoms with van der Waals surface area (Å²) >= 11 is 0. The van der Waals surface area contributed by atoms with E-state index in [1.54, 1.807) is 0 Å². The van der Waals surface area contributed by atoms with Crippen molar-refractivity contribution in [2.75, 3.05) is 19.7 Å². The Bertz CT molecular complexity index is 162. The number of carbonyl (C=O) groups is 1. The van der Waals surface area contributed by atoms with Crippen molar-refractivity contribution < 1.29 is 9.53 Å². The highest BCUT2D eigenvalue weighted by Crippen LogP contribution is 1.99. The summed E-state index contributed by atoms with van der Waals surface area (Å²) in [4.78, 5) is 11.4. The first-order chi connectivity index (χ1) is 6.61. The molecule has 0 saturated heterocycles. The van der Waals surface area contributed by atoms with Gasteiger partial charge in [0.15, 0.2) is 0 Å². The molecule has 84 valence electrons. The SMILES string of the molecule is CCOC(C)CNC(=O)C(C)CCN. The Kier molecular flexibility index (Phi) is 7.42. The molecule has 2 unspecified atom stereocenters. The molecule has 4 heteroatoms. The largest absolute Gasteiger partial charge is 0.377 e. The zero-order valence-electron chi connectivity index (χ0n) is 9.38. The van der Waals surface area contributed by atoms with Crippen LogP contribution in [0.25, 0.3) is 0 Å². The van der Waals surface area contributed by atoms with Gasteiger partial charge in [0.2, 0.25) is 5.91 Å². The molecule has 4 nitrogen and oxygen atoms in total. The predicted octanol–water partition coefficient (Wildman–Crippen LogP) is 0.513. The van der Waals surface area contributed by atoms with E-state index >= 15 is 0 Å². The third kappa shape index (κ3) is 5.94. The normalized spacial score (nSPS) is 14.9. The zero-order chi connectivity index (χ0) is 11.0. The van der Waals surface area contributed by atoms with E-state index in [1.165, 1.54) is 0 Å². The van der Waals surface area contributed by atoms with Crippen molar-refractivity contribution in [2.45, 2.75) is 33.3 Å². The van der Waals surface area contributed by atoms with Gasteiger partial charge in [-0.3, -0.25) is 4.79 Å². The van der Waals surface area contributed by atoms with Crippen LogP contribution in [0.5, 0.6) is 0 Å². The van der Waals surface area contributed by atoms with Gasteiger partial charge in [0.25, 0.3) is 0 Å². The number of nitrogens with one attached hydrogen (secondary N) is 1. The molecule has 0 rings (SSSR count). The maximum Gasteiger partial charge on any atom is 0.222 e. The maximum atomic E-state index is 11.4. The Balaban J connectivity index is 3.61. The summed E-state index contributed by atoms with van der Waals surface area (Å²) in [7, 11) is 0. The first-order valence-electron chi connectivity index (χ1n) is 5.21. The van der Waals surface area contributed by atoms with Crippen LogP contribution in [0.4, 0.5) is 0 Å². The van der Waals surface area contributed by atoms with Crippen molar-refractivity contribution in [3.8, 4) is 0 Å². The predicted molar refractivity (Wildman–Crippen MR) is 56.9 cm³/mol. The molecule has 0 heterocycles. The van der Waals surface area contributed by atoms with Gasteiger partial charge in [-0.15, -0.1) is 0 Å². The van der Waals surface area contributed by atoms with Gasteiger partial charge in [0, 0.05) is 19.1 Å². The van der Waals surface area contributed by atoms with E-state index in [-0.39, 0.29) is 17.9 Å². The van der Waals surface area contributed by atoms with E-state index in [2.05, 4.69) is 5.32 Å². The van der Waals surface area contributed by atoms with Gasteiger partial charge < -0.3 is 15.8 Å². The minimum Gasteiger partial charge on any atom is -0.377 e.